The van der Waals surface area contributed by atoms with Crippen molar-refractivity contribution in [1.29, 1.82) is 0 Å². The van der Waals surface area contributed by atoms with Gasteiger partial charge in [-0.1, -0.05) is 361 Å². The Morgan fingerprint density at radius 1 is 0.150 bits per heavy atom. The lowest BCUT2D eigenvalue weighted by molar-refractivity contribution is -0.0399. The second-order valence-corrected chi connectivity index (χ2v) is 45.7. The molecule has 0 unspecified atom stereocenters. The first-order chi connectivity index (χ1) is 71.7. The minimum atomic E-state index is 0. The van der Waals surface area contributed by atoms with E-state index < -0.39 is 0 Å². The van der Waals surface area contributed by atoms with Gasteiger partial charge in [-0.15, -0.1) is 0 Å². The SMILES string of the molecule is C.C.c1ccc2c(c1)-c1cc(N(c3ccc(-c4ccc5ccccc5c4)cc3)c3cccc4ccccc34)ccc1C21C2CC3CC(C2)CC1C3.c1ccc2c(c1)-c1cc(N(c3ccc(-c4cccc5ccccc45)cc3)c3cccc4ccccc34)ccc1C21C2CC3CC(C2)CC1C3.c1ccc2c(c1)-c1cc(N(c3ccc4c(ccc5ccccc54)c3)c3cccc4ccccc34)ccc1C21C2CC3CC(C2)CC1C3. The van der Waals surface area contributed by atoms with E-state index in [4.69, 9.17) is 0 Å². The van der Waals surface area contributed by atoms with E-state index in [0.29, 0.717) is 0 Å². The fourth-order valence-corrected chi connectivity index (χ4v) is 33.9. The van der Waals surface area contributed by atoms with E-state index in [1.165, 1.54) is 279 Å². The molecular formula is C144H123N3. The summed E-state index contributed by atoms with van der Waals surface area (Å²) in [5, 5.41) is 17.9. The number of fused-ring (bicyclic) bond motifs is 17. The summed E-state index contributed by atoms with van der Waals surface area (Å²) in [4.78, 5) is 7.51. The van der Waals surface area contributed by atoms with Crippen molar-refractivity contribution >= 4 is 127 Å². The number of hydrogen-bond donors (Lipinski definition) is 0. The van der Waals surface area contributed by atoms with E-state index in [2.05, 4.69) is 458 Å². The Morgan fingerprint density at radius 2 is 0.408 bits per heavy atom. The van der Waals surface area contributed by atoms with Gasteiger partial charge in [0.05, 0.1) is 17.1 Å². The minimum absolute atomic E-state index is 0. The van der Waals surface area contributed by atoms with Gasteiger partial charge in [-0.05, 0) is 413 Å². The van der Waals surface area contributed by atoms with Crippen molar-refractivity contribution in [3.8, 4) is 55.6 Å². The summed E-state index contributed by atoms with van der Waals surface area (Å²) < 4.78 is 0. The molecule has 21 aromatic carbocycles. The Morgan fingerprint density at radius 3 is 0.816 bits per heavy atom. The first kappa shape index (κ1) is 88.3. The van der Waals surface area contributed by atoms with Crippen LogP contribution in [0.2, 0.25) is 0 Å². The van der Waals surface area contributed by atoms with Crippen molar-refractivity contribution < 1.29 is 0 Å². The number of rotatable bonds is 11. The van der Waals surface area contributed by atoms with E-state index in [-0.39, 0.29) is 31.1 Å². The molecule has 0 atom stereocenters. The summed E-state index contributed by atoms with van der Waals surface area (Å²) in [6.07, 6.45) is 21.4. The molecule has 0 aliphatic heterocycles. The van der Waals surface area contributed by atoms with Gasteiger partial charge >= 0.3 is 0 Å². The molecule has 0 heterocycles. The van der Waals surface area contributed by atoms with Crippen LogP contribution >= 0.6 is 0 Å². The Hall–Kier alpha value is -15.2. The quantitative estimate of drug-likeness (QED) is 0.120. The van der Waals surface area contributed by atoms with E-state index in [0.717, 1.165) is 71.0 Å². The maximum absolute atomic E-state index is 2.56. The van der Waals surface area contributed by atoms with Gasteiger partial charge in [0.1, 0.15) is 0 Å². The first-order valence-corrected chi connectivity index (χ1v) is 54.4. The summed E-state index contributed by atoms with van der Waals surface area (Å²) in [7, 11) is 0. The fourth-order valence-electron chi connectivity index (χ4n) is 33.9. The molecule has 12 bridgehead atoms. The molecule has 0 amide bonds. The number of hydrogen-bond acceptors (Lipinski definition) is 3. The molecule has 3 spiro atoms. The Balaban J connectivity index is 0.000000103. The molecule has 12 saturated carbocycles. The molecule has 0 aromatic heterocycles. The highest BCUT2D eigenvalue weighted by atomic mass is 15.2. The van der Waals surface area contributed by atoms with Crippen LogP contribution in [0.25, 0.3) is 131 Å². The average molecular weight is 1900 g/mol. The van der Waals surface area contributed by atoms with Crippen molar-refractivity contribution in [1.82, 2.24) is 0 Å². The average Bonchev–Trinajstić information content (AvgIpc) is 1.55. The second kappa shape index (κ2) is 34.5. The highest BCUT2D eigenvalue weighted by molar-refractivity contribution is 6.11. The van der Waals surface area contributed by atoms with Crippen molar-refractivity contribution in [2.24, 2.45) is 71.0 Å². The molecule has 714 valence electrons. The van der Waals surface area contributed by atoms with Gasteiger partial charge in [-0.2, -0.15) is 0 Å². The Bertz CT molecular complexity index is 8740. The summed E-state index contributed by atoms with van der Waals surface area (Å²) in [6, 6.07) is 167. The van der Waals surface area contributed by atoms with E-state index in [9.17, 15) is 0 Å². The third kappa shape index (κ3) is 13.5. The summed E-state index contributed by atoms with van der Waals surface area (Å²) >= 11 is 0. The van der Waals surface area contributed by atoms with Crippen LogP contribution in [0.15, 0.2) is 443 Å². The van der Waals surface area contributed by atoms with Crippen LogP contribution in [0.3, 0.4) is 0 Å². The van der Waals surface area contributed by atoms with Crippen molar-refractivity contribution in [3.05, 3.63) is 476 Å². The standard InChI is InChI=1S/2C48H39N.C46H37N.2CH4/c1-3-13-40-33(9-1)11-7-16-41(40)35-19-21-38(22-20-35)49(47-18-8-12-34-10-2-4-14-42(34)47)39-23-24-46-44(30-39)43-15-5-6-17-45(43)48(46)36-26-31-25-32(28-36)29-37(48)27-31;1-2-10-36-29-37(17-16-33(36)8-1)34-18-20-40(21-19-34)49(47-15-7-11-35-9-3-4-12-42(35)47)41-22-23-46-44(30-41)43-13-5-6-14-45(43)48(46)38-25-31-24-32(27-38)28-39(48)26-31;1-3-11-38-32(9-1)16-17-33-27-36(18-20-39(33)38)47(45-15-7-10-31-8-2-4-12-40(31)45)37-19-21-44-42(28-37)41-13-5-6-14-43(41)46(44)34-23-29-22-30(25-34)26-35(46)24-29;;/h1-24,30-32,36-37H,25-29H2;1-23,29-32,38-39H,24-28H2;1-21,27-30,34-35H,22-26H2;2*1H4. The fraction of sp³-hybridized carbons (Fsp3) is 0.222. The van der Waals surface area contributed by atoms with Crippen LogP contribution in [0.5, 0.6) is 0 Å². The van der Waals surface area contributed by atoms with Crippen molar-refractivity contribution in [2.75, 3.05) is 14.7 Å². The molecule has 3 nitrogen and oxygen atoms in total. The molecule has 12 fully saturated rings. The zero-order valence-corrected chi connectivity index (χ0v) is 82.0. The predicted molar refractivity (Wildman–Crippen MR) is 620 cm³/mol. The molecule has 15 aliphatic rings. The van der Waals surface area contributed by atoms with Gasteiger partial charge in [-0.25, -0.2) is 0 Å². The maximum atomic E-state index is 2.56. The zero-order chi connectivity index (χ0) is 94.9. The minimum Gasteiger partial charge on any atom is -0.310 e. The molecule has 0 N–H and O–H groups in total. The van der Waals surface area contributed by atoms with Crippen LogP contribution in [0, 0.1) is 71.0 Å². The van der Waals surface area contributed by atoms with Crippen LogP contribution < -0.4 is 14.7 Å². The molecule has 36 rings (SSSR count). The Kier molecular flexibility index (Phi) is 20.7. The van der Waals surface area contributed by atoms with Crippen LogP contribution in [-0.2, 0) is 16.2 Å². The van der Waals surface area contributed by atoms with E-state index in [1.807, 2.05) is 0 Å². The molecular weight excluding hydrogens is 1770 g/mol. The molecule has 0 saturated heterocycles. The lowest BCUT2D eigenvalue weighted by Gasteiger charge is -2.61. The largest absolute Gasteiger partial charge is 0.310 e. The van der Waals surface area contributed by atoms with Gasteiger partial charge in [0, 0.05) is 66.5 Å². The van der Waals surface area contributed by atoms with Crippen LogP contribution in [0.4, 0.5) is 51.2 Å². The van der Waals surface area contributed by atoms with Gasteiger partial charge in [-0.3, -0.25) is 0 Å². The molecule has 3 heteroatoms. The van der Waals surface area contributed by atoms with Gasteiger partial charge in [0.25, 0.3) is 0 Å². The lowest BCUT2D eigenvalue weighted by atomic mass is 9.43. The number of benzene rings is 21. The van der Waals surface area contributed by atoms with Crippen LogP contribution in [0.1, 0.15) is 145 Å². The summed E-state index contributed by atoms with van der Waals surface area (Å²) in [5.41, 5.74) is 34.9. The van der Waals surface area contributed by atoms with Gasteiger partial charge in [0.2, 0.25) is 0 Å². The van der Waals surface area contributed by atoms with Gasteiger partial charge < -0.3 is 14.7 Å². The third-order valence-electron chi connectivity index (χ3n) is 38.8. The Labute approximate surface area is 865 Å². The normalized spacial score (nSPS) is 24.3. The van der Waals surface area contributed by atoms with E-state index >= 15 is 0 Å². The smallest absolute Gasteiger partial charge is 0.0540 e. The highest BCUT2D eigenvalue weighted by Gasteiger charge is 2.65. The van der Waals surface area contributed by atoms with Crippen LogP contribution in [-0.4, -0.2) is 0 Å². The molecule has 0 radical (unpaired) electrons. The lowest BCUT2D eigenvalue weighted by Crippen LogP contribution is -2.55. The van der Waals surface area contributed by atoms with Crippen molar-refractivity contribution in [2.45, 2.75) is 127 Å². The number of nitrogens with zero attached hydrogens (tertiary/aromatic N) is 3. The van der Waals surface area contributed by atoms with Gasteiger partial charge in [0.15, 0.2) is 0 Å². The maximum Gasteiger partial charge on any atom is 0.0540 e. The monoisotopic (exact) mass is 1890 g/mol. The first-order valence-electron chi connectivity index (χ1n) is 54.4. The zero-order valence-electron chi connectivity index (χ0n) is 82.0. The molecule has 147 heavy (non-hydrogen) atoms. The summed E-state index contributed by atoms with van der Waals surface area (Å²) in [5.74, 6) is 10.3. The second-order valence-electron chi connectivity index (χ2n) is 45.7. The third-order valence-corrected chi connectivity index (χ3v) is 38.8. The summed E-state index contributed by atoms with van der Waals surface area (Å²) in [6.45, 7) is 0. The topological polar surface area (TPSA) is 9.72 Å². The molecule has 15 aliphatic carbocycles. The predicted octanol–water partition coefficient (Wildman–Crippen LogP) is 39.3. The molecule has 21 aromatic rings. The number of anilines is 9. The highest BCUT2D eigenvalue weighted by Crippen LogP contribution is 2.74. The van der Waals surface area contributed by atoms with Crippen molar-refractivity contribution in [3.63, 3.8) is 0 Å². The van der Waals surface area contributed by atoms with E-state index in [1.54, 1.807) is 33.4 Å².